The molecule has 3 amide bonds. The molecule has 1 aromatic rings. The molecule has 0 radical (unpaired) electrons. The number of carbonyl (C=O) groups excluding carboxylic acids is 3. The number of likely N-dealkylation sites (tertiary alicyclic amines) is 1. The van der Waals surface area contributed by atoms with E-state index in [0.717, 1.165) is 17.0 Å². The topological polar surface area (TPSA) is 104 Å². The van der Waals surface area contributed by atoms with Crippen LogP contribution in [0, 0.1) is 5.92 Å². The lowest BCUT2D eigenvalue weighted by Gasteiger charge is -2.27. The number of hydrogen-bond donors (Lipinski definition) is 1. The van der Waals surface area contributed by atoms with Crippen LogP contribution >= 0.6 is 0 Å². The van der Waals surface area contributed by atoms with Crippen LogP contribution in [0.3, 0.4) is 0 Å². The maximum atomic E-state index is 13.1. The molecule has 0 aliphatic carbocycles. The maximum absolute atomic E-state index is 13.1. The average molecular weight is 407 g/mol. The van der Waals surface area contributed by atoms with Gasteiger partial charge in [-0.25, -0.2) is 12.7 Å². The van der Waals surface area contributed by atoms with E-state index in [4.69, 9.17) is 0 Å². The van der Waals surface area contributed by atoms with Crippen molar-refractivity contribution in [3.05, 3.63) is 29.8 Å². The Kier molecular flexibility index (Phi) is 5.47. The van der Waals surface area contributed by atoms with Gasteiger partial charge in [-0.05, 0) is 37.1 Å². The van der Waals surface area contributed by atoms with Crippen LogP contribution in [0.2, 0.25) is 0 Å². The fourth-order valence-corrected chi connectivity index (χ4v) is 5.51. The zero-order valence-electron chi connectivity index (χ0n) is 16.2. The van der Waals surface area contributed by atoms with Gasteiger partial charge in [-0.3, -0.25) is 14.4 Å². The lowest BCUT2D eigenvalue weighted by atomic mass is 9.94. The van der Waals surface area contributed by atoms with E-state index >= 15 is 0 Å². The highest BCUT2D eigenvalue weighted by molar-refractivity contribution is 7.88. The first-order valence-corrected chi connectivity index (χ1v) is 11.2. The summed E-state index contributed by atoms with van der Waals surface area (Å²) in [7, 11) is -3.68. The third-order valence-corrected chi connectivity index (χ3v) is 6.50. The van der Waals surface area contributed by atoms with Gasteiger partial charge >= 0.3 is 0 Å². The van der Waals surface area contributed by atoms with Crippen molar-refractivity contribution in [1.82, 2.24) is 9.21 Å². The molecule has 9 heteroatoms. The van der Waals surface area contributed by atoms with E-state index in [-0.39, 0.29) is 11.8 Å². The van der Waals surface area contributed by atoms with Crippen LogP contribution in [0.4, 0.5) is 5.69 Å². The molecule has 3 atom stereocenters. The standard InChI is InChI=1S/C19H25N3O5S/c1-4-5-15-17-16(22(19(15)25)28(3,26)27)10-11-21(17)18(24)13-6-8-14(9-7-13)20-12(2)23/h6-9,15-17H,4-5,10-11H2,1-3H3,(H,20,23)/t15-,16+,17-/m1/s1. The van der Waals surface area contributed by atoms with E-state index in [1.807, 2.05) is 6.92 Å². The summed E-state index contributed by atoms with van der Waals surface area (Å²) in [6.45, 7) is 3.75. The number of fused-ring (bicyclic) bond motifs is 1. The Balaban J connectivity index is 1.88. The molecule has 0 spiro atoms. The Bertz CT molecular complexity index is 897. The van der Waals surface area contributed by atoms with Gasteiger partial charge in [0.2, 0.25) is 21.8 Å². The van der Waals surface area contributed by atoms with Gasteiger partial charge in [0, 0.05) is 24.7 Å². The average Bonchev–Trinajstić information content (AvgIpc) is 3.13. The third kappa shape index (κ3) is 3.63. The number of benzene rings is 1. The fourth-order valence-electron chi connectivity index (χ4n) is 4.33. The number of anilines is 1. The highest BCUT2D eigenvalue weighted by Crippen LogP contribution is 2.40. The van der Waals surface area contributed by atoms with Crippen molar-refractivity contribution in [3.8, 4) is 0 Å². The van der Waals surface area contributed by atoms with Crippen LogP contribution in [-0.2, 0) is 19.6 Å². The van der Waals surface area contributed by atoms with Crippen molar-refractivity contribution in [2.75, 3.05) is 18.1 Å². The Hall–Kier alpha value is -2.42. The molecule has 152 valence electrons. The van der Waals surface area contributed by atoms with Crippen molar-refractivity contribution >= 4 is 33.4 Å². The number of amides is 3. The minimum Gasteiger partial charge on any atom is -0.333 e. The number of nitrogens with zero attached hydrogens (tertiary/aromatic N) is 2. The Labute approximate surface area is 164 Å². The van der Waals surface area contributed by atoms with Crippen LogP contribution in [0.1, 0.15) is 43.5 Å². The summed E-state index contributed by atoms with van der Waals surface area (Å²) >= 11 is 0. The van der Waals surface area contributed by atoms with Crippen LogP contribution in [0.25, 0.3) is 0 Å². The van der Waals surface area contributed by atoms with Crippen LogP contribution in [0.15, 0.2) is 24.3 Å². The number of sulfonamides is 1. The molecule has 1 aromatic carbocycles. The molecular weight excluding hydrogens is 382 g/mol. The van der Waals surface area contributed by atoms with Crippen molar-refractivity contribution in [1.29, 1.82) is 0 Å². The van der Waals surface area contributed by atoms with E-state index in [2.05, 4.69) is 5.32 Å². The molecule has 0 unspecified atom stereocenters. The molecule has 2 saturated heterocycles. The van der Waals surface area contributed by atoms with Gasteiger partial charge in [0.05, 0.1) is 24.3 Å². The molecule has 3 rings (SSSR count). The fraction of sp³-hybridized carbons (Fsp3) is 0.526. The predicted octanol–water partition coefficient (Wildman–Crippen LogP) is 1.45. The van der Waals surface area contributed by atoms with E-state index in [1.165, 1.54) is 6.92 Å². The highest BCUT2D eigenvalue weighted by Gasteiger charge is 2.57. The number of carbonyl (C=O) groups is 3. The third-order valence-electron chi connectivity index (χ3n) is 5.34. The van der Waals surface area contributed by atoms with Crippen LogP contribution < -0.4 is 5.32 Å². The second-order valence-electron chi connectivity index (χ2n) is 7.40. The number of nitrogens with one attached hydrogen (secondary N) is 1. The minimum atomic E-state index is -3.68. The highest BCUT2D eigenvalue weighted by atomic mass is 32.2. The molecule has 1 N–H and O–H groups in total. The smallest absolute Gasteiger partial charge is 0.254 e. The summed E-state index contributed by atoms with van der Waals surface area (Å²) in [6, 6.07) is 5.61. The molecule has 2 heterocycles. The zero-order chi connectivity index (χ0) is 20.6. The van der Waals surface area contributed by atoms with E-state index in [1.54, 1.807) is 29.2 Å². The summed E-state index contributed by atoms with van der Waals surface area (Å²) in [6.07, 6.45) is 2.75. The van der Waals surface area contributed by atoms with Crippen LogP contribution in [-0.4, -0.2) is 60.2 Å². The molecule has 2 aliphatic heterocycles. The molecule has 28 heavy (non-hydrogen) atoms. The lowest BCUT2D eigenvalue weighted by Crippen LogP contribution is -2.43. The molecule has 0 bridgehead atoms. The normalized spacial score (nSPS) is 24.4. The minimum absolute atomic E-state index is 0.200. The Morgan fingerprint density at radius 2 is 1.86 bits per heavy atom. The monoisotopic (exact) mass is 407 g/mol. The first-order valence-electron chi connectivity index (χ1n) is 9.37. The van der Waals surface area contributed by atoms with Gasteiger partial charge in [-0.15, -0.1) is 0 Å². The van der Waals surface area contributed by atoms with Gasteiger partial charge in [0.25, 0.3) is 5.91 Å². The van der Waals surface area contributed by atoms with Gasteiger partial charge in [-0.2, -0.15) is 0 Å². The second kappa shape index (κ2) is 7.54. The van der Waals surface area contributed by atoms with Crippen molar-refractivity contribution < 1.29 is 22.8 Å². The Morgan fingerprint density at radius 3 is 2.39 bits per heavy atom. The van der Waals surface area contributed by atoms with E-state index in [0.29, 0.717) is 30.6 Å². The summed E-state index contributed by atoms with van der Waals surface area (Å²) in [5, 5.41) is 2.65. The van der Waals surface area contributed by atoms with Gasteiger partial charge in [0.1, 0.15) is 0 Å². The first-order chi connectivity index (χ1) is 13.1. The van der Waals surface area contributed by atoms with E-state index < -0.39 is 33.9 Å². The summed E-state index contributed by atoms with van der Waals surface area (Å²) in [4.78, 5) is 38.6. The summed E-state index contributed by atoms with van der Waals surface area (Å²) < 4.78 is 25.3. The SMILES string of the molecule is CCC[C@H]1C(=O)N(S(C)(=O)=O)[C@H]2CCN(C(=O)c3ccc(NC(C)=O)cc3)[C@H]12. The number of hydrogen-bond acceptors (Lipinski definition) is 5. The van der Waals surface area contributed by atoms with Crippen molar-refractivity contribution in [2.45, 2.75) is 45.2 Å². The summed E-state index contributed by atoms with van der Waals surface area (Å²) in [5.74, 6) is -1.34. The van der Waals surface area contributed by atoms with Gasteiger partial charge in [0.15, 0.2) is 0 Å². The largest absolute Gasteiger partial charge is 0.333 e. The molecule has 8 nitrogen and oxygen atoms in total. The predicted molar refractivity (Wildman–Crippen MR) is 104 cm³/mol. The Morgan fingerprint density at radius 1 is 1.21 bits per heavy atom. The summed E-state index contributed by atoms with van der Waals surface area (Å²) in [5.41, 5.74) is 1.03. The maximum Gasteiger partial charge on any atom is 0.254 e. The van der Waals surface area contributed by atoms with E-state index in [9.17, 15) is 22.8 Å². The van der Waals surface area contributed by atoms with Crippen molar-refractivity contribution in [3.63, 3.8) is 0 Å². The second-order valence-corrected chi connectivity index (χ2v) is 9.26. The first kappa shape index (κ1) is 20.3. The van der Waals surface area contributed by atoms with Crippen molar-refractivity contribution in [2.24, 2.45) is 5.92 Å². The quantitative estimate of drug-likeness (QED) is 0.796. The molecule has 0 saturated carbocycles. The van der Waals surface area contributed by atoms with Gasteiger partial charge in [-0.1, -0.05) is 13.3 Å². The molecule has 2 aliphatic rings. The zero-order valence-corrected chi connectivity index (χ0v) is 17.0. The molecule has 2 fully saturated rings. The molecular formula is C19H25N3O5S. The molecule has 0 aromatic heterocycles. The van der Waals surface area contributed by atoms with Crippen LogP contribution in [0.5, 0.6) is 0 Å². The lowest BCUT2D eigenvalue weighted by molar-refractivity contribution is -0.128. The van der Waals surface area contributed by atoms with Gasteiger partial charge < -0.3 is 10.2 Å². The number of rotatable bonds is 5.